The molecule has 0 saturated carbocycles. The summed E-state index contributed by atoms with van der Waals surface area (Å²) in [5.74, 6) is 1.85. The molecule has 1 fully saturated rings. The number of nitrogens with zero attached hydrogens (tertiary/aromatic N) is 1. The summed E-state index contributed by atoms with van der Waals surface area (Å²) in [5.41, 5.74) is 1.17. The van der Waals surface area contributed by atoms with Crippen molar-refractivity contribution < 1.29 is 13.9 Å². The Morgan fingerprint density at radius 2 is 1.74 bits per heavy atom. The van der Waals surface area contributed by atoms with Crippen LogP contribution in [-0.2, 0) is 6.54 Å². The third-order valence-corrected chi connectivity index (χ3v) is 4.33. The Morgan fingerprint density at radius 3 is 2.57 bits per heavy atom. The van der Waals surface area contributed by atoms with Crippen LogP contribution >= 0.6 is 0 Å². The van der Waals surface area contributed by atoms with Crippen LogP contribution in [0.1, 0.15) is 12.0 Å². The lowest BCUT2D eigenvalue weighted by molar-refractivity contribution is 0.158. The number of benzene rings is 2. The molecule has 0 bridgehead atoms. The molecule has 3 nitrogen and oxygen atoms in total. The molecule has 2 aromatic rings. The fourth-order valence-electron chi connectivity index (χ4n) is 3.20. The molecule has 2 unspecified atom stereocenters. The third kappa shape index (κ3) is 2.82. The Kier molecular flexibility index (Phi) is 3.75. The van der Waals surface area contributed by atoms with Crippen LogP contribution in [0.25, 0.3) is 0 Å². The highest BCUT2D eigenvalue weighted by atomic mass is 19.1. The molecule has 0 aromatic heterocycles. The van der Waals surface area contributed by atoms with Gasteiger partial charge in [0, 0.05) is 13.1 Å². The van der Waals surface area contributed by atoms with Crippen LogP contribution in [0.3, 0.4) is 0 Å². The van der Waals surface area contributed by atoms with E-state index in [-0.39, 0.29) is 0 Å². The van der Waals surface area contributed by atoms with E-state index in [0.29, 0.717) is 36.8 Å². The minimum Gasteiger partial charge on any atom is -0.457 e. The molecule has 2 aliphatic heterocycles. The first-order chi connectivity index (χ1) is 11.3. The zero-order chi connectivity index (χ0) is 15.6. The first-order valence-corrected chi connectivity index (χ1v) is 7.87. The minimum absolute atomic E-state index is 0.399. The second-order valence-corrected chi connectivity index (χ2v) is 5.89. The highest BCUT2D eigenvalue weighted by Crippen LogP contribution is 2.36. The van der Waals surface area contributed by atoms with Gasteiger partial charge in [0.1, 0.15) is 18.5 Å². The third-order valence-electron chi connectivity index (χ3n) is 4.33. The molecule has 2 aliphatic rings. The number of hydrogen-bond donors (Lipinski definition) is 0. The van der Waals surface area contributed by atoms with Crippen molar-refractivity contribution in [3.8, 4) is 11.5 Å². The molecule has 2 atom stereocenters. The number of alkyl halides is 1. The molecular weight excluding hydrogens is 293 g/mol. The number of rotatable bonds is 3. The van der Waals surface area contributed by atoms with Crippen molar-refractivity contribution in [2.45, 2.75) is 25.2 Å². The highest BCUT2D eigenvalue weighted by molar-refractivity contribution is 5.43. The average Bonchev–Trinajstić information content (AvgIpc) is 2.96. The van der Waals surface area contributed by atoms with Gasteiger partial charge in [-0.15, -0.1) is 0 Å². The van der Waals surface area contributed by atoms with Crippen LogP contribution < -0.4 is 9.47 Å². The van der Waals surface area contributed by atoms with Gasteiger partial charge in [-0.05, 0) is 24.1 Å². The van der Waals surface area contributed by atoms with E-state index >= 15 is 0 Å². The molecule has 2 aromatic carbocycles. The number of fused-ring (bicyclic) bond motifs is 1. The monoisotopic (exact) mass is 311 g/mol. The zero-order valence-corrected chi connectivity index (χ0v) is 12.7. The maximum atomic E-state index is 14.5. The van der Waals surface area contributed by atoms with Crippen molar-refractivity contribution in [1.82, 2.24) is 4.90 Å². The number of para-hydroxylation sites is 2. The Hall–Kier alpha value is -2.33. The molecular formula is C19H18FNO2. The largest absolute Gasteiger partial charge is 0.457 e. The molecule has 1 saturated heterocycles. The molecule has 0 N–H and O–H groups in total. The summed E-state index contributed by atoms with van der Waals surface area (Å²) in [6.45, 7) is 1.41. The summed E-state index contributed by atoms with van der Waals surface area (Å²) in [5, 5.41) is 0. The summed E-state index contributed by atoms with van der Waals surface area (Å²) in [6, 6.07) is 17.2. The van der Waals surface area contributed by atoms with Gasteiger partial charge in [0.25, 0.3) is 0 Å². The van der Waals surface area contributed by atoms with Gasteiger partial charge >= 0.3 is 0 Å². The molecule has 0 amide bonds. The molecule has 2 heterocycles. The standard InChI is InChI=1S/C19H18FNO2/c20-15-10-11-21(12-14-6-2-1-3-7-14)19(15)18-13-22-16-8-4-5-9-17(16)23-18/h1-9,13,15,19H,10-12H2. The van der Waals surface area contributed by atoms with Crippen LogP contribution in [0.15, 0.2) is 66.6 Å². The first-order valence-electron chi connectivity index (χ1n) is 7.87. The number of hydrogen-bond acceptors (Lipinski definition) is 3. The van der Waals surface area contributed by atoms with Crippen molar-refractivity contribution in [2.75, 3.05) is 6.54 Å². The second-order valence-electron chi connectivity index (χ2n) is 5.89. The van der Waals surface area contributed by atoms with E-state index in [1.54, 1.807) is 6.26 Å². The molecule has 23 heavy (non-hydrogen) atoms. The van der Waals surface area contributed by atoms with Crippen molar-refractivity contribution >= 4 is 0 Å². The van der Waals surface area contributed by atoms with Crippen LogP contribution in [0.5, 0.6) is 11.5 Å². The van der Waals surface area contributed by atoms with Crippen LogP contribution in [0, 0.1) is 0 Å². The lowest BCUT2D eigenvalue weighted by Gasteiger charge is -2.29. The van der Waals surface area contributed by atoms with Gasteiger partial charge in [-0.2, -0.15) is 0 Å². The lowest BCUT2D eigenvalue weighted by atomic mass is 10.1. The van der Waals surface area contributed by atoms with Gasteiger partial charge in [-0.1, -0.05) is 42.5 Å². The van der Waals surface area contributed by atoms with E-state index in [2.05, 4.69) is 17.0 Å². The summed E-state index contributed by atoms with van der Waals surface area (Å²) < 4.78 is 26.0. The van der Waals surface area contributed by atoms with Gasteiger partial charge in [-0.3, -0.25) is 4.90 Å². The van der Waals surface area contributed by atoms with E-state index < -0.39 is 12.2 Å². The van der Waals surface area contributed by atoms with Gasteiger partial charge < -0.3 is 9.47 Å². The summed E-state index contributed by atoms with van der Waals surface area (Å²) in [4.78, 5) is 2.11. The maximum absolute atomic E-state index is 14.5. The van der Waals surface area contributed by atoms with E-state index in [9.17, 15) is 4.39 Å². The Balaban J connectivity index is 1.55. The van der Waals surface area contributed by atoms with Crippen molar-refractivity contribution in [3.63, 3.8) is 0 Å². The molecule has 4 rings (SSSR count). The smallest absolute Gasteiger partial charge is 0.169 e. The number of ether oxygens (including phenoxy) is 2. The SMILES string of the molecule is FC1CCN(Cc2ccccc2)C1C1=COc2ccccc2O1. The quantitative estimate of drug-likeness (QED) is 0.858. The zero-order valence-electron chi connectivity index (χ0n) is 12.7. The number of halogens is 1. The van der Waals surface area contributed by atoms with E-state index in [1.165, 1.54) is 5.56 Å². The first kappa shape index (κ1) is 14.3. The molecule has 0 aliphatic carbocycles. The Morgan fingerprint density at radius 1 is 1.00 bits per heavy atom. The summed E-state index contributed by atoms with van der Waals surface area (Å²) in [7, 11) is 0. The van der Waals surface area contributed by atoms with Crippen molar-refractivity contribution in [2.24, 2.45) is 0 Å². The predicted molar refractivity (Wildman–Crippen MR) is 85.9 cm³/mol. The van der Waals surface area contributed by atoms with Gasteiger partial charge in [0.2, 0.25) is 0 Å². The lowest BCUT2D eigenvalue weighted by Crippen LogP contribution is -2.37. The maximum Gasteiger partial charge on any atom is 0.169 e. The fraction of sp³-hybridized carbons (Fsp3) is 0.263. The Labute approximate surface area is 134 Å². The van der Waals surface area contributed by atoms with Crippen LogP contribution in [0.2, 0.25) is 0 Å². The van der Waals surface area contributed by atoms with E-state index in [4.69, 9.17) is 9.47 Å². The van der Waals surface area contributed by atoms with E-state index in [1.807, 2.05) is 42.5 Å². The number of likely N-dealkylation sites (tertiary alicyclic amines) is 1. The van der Waals surface area contributed by atoms with Gasteiger partial charge in [0.15, 0.2) is 17.3 Å². The average molecular weight is 311 g/mol. The van der Waals surface area contributed by atoms with Gasteiger partial charge in [-0.25, -0.2) is 4.39 Å². The summed E-state index contributed by atoms with van der Waals surface area (Å²) >= 11 is 0. The molecule has 118 valence electrons. The van der Waals surface area contributed by atoms with Crippen LogP contribution in [-0.4, -0.2) is 23.7 Å². The van der Waals surface area contributed by atoms with Crippen LogP contribution in [0.4, 0.5) is 4.39 Å². The summed E-state index contributed by atoms with van der Waals surface area (Å²) in [6.07, 6.45) is 1.11. The second kappa shape index (κ2) is 6.05. The fourth-order valence-corrected chi connectivity index (χ4v) is 3.20. The Bertz CT molecular complexity index is 716. The molecule has 0 radical (unpaired) electrons. The molecule has 0 spiro atoms. The molecule has 4 heteroatoms. The predicted octanol–water partition coefficient (Wildman–Crippen LogP) is 3.91. The van der Waals surface area contributed by atoms with Crippen molar-refractivity contribution in [3.05, 3.63) is 72.2 Å². The normalized spacial score (nSPS) is 23.6. The van der Waals surface area contributed by atoms with Crippen molar-refractivity contribution in [1.29, 1.82) is 0 Å². The van der Waals surface area contributed by atoms with Gasteiger partial charge in [0.05, 0.1) is 0 Å². The topological polar surface area (TPSA) is 21.7 Å². The minimum atomic E-state index is -0.946. The van der Waals surface area contributed by atoms with E-state index in [0.717, 1.165) is 0 Å². The highest BCUT2D eigenvalue weighted by Gasteiger charge is 2.39.